The van der Waals surface area contributed by atoms with E-state index in [0.29, 0.717) is 13.0 Å². The molecular weight excluding hydrogens is 200 g/mol. The Balaban J connectivity index is 2.10. The Morgan fingerprint density at radius 1 is 1.50 bits per heavy atom. The van der Waals surface area contributed by atoms with Gasteiger partial charge in [-0.25, -0.2) is 0 Å². The van der Waals surface area contributed by atoms with Crippen LogP contribution in [0.1, 0.15) is 36.5 Å². The molecule has 16 heavy (non-hydrogen) atoms. The quantitative estimate of drug-likeness (QED) is 0.621. The van der Waals surface area contributed by atoms with Crippen molar-refractivity contribution in [2.24, 2.45) is 0 Å². The van der Waals surface area contributed by atoms with E-state index < -0.39 is 0 Å². The highest BCUT2D eigenvalue weighted by Crippen LogP contribution is 2.31. The number of rotatable bonds is 3. The minimum atomic E-state index is -0.302. The van der Waals surface area contributed by atoms with E-state index in [2.05, 4.69) is 5.92 Å². The third-order valence-corrected chi connectivity index (χ3v) is 2.91. The Morgan fingerprint density at radius 2 is 2.38 bits per heavy atom. The maximum Gasteiger partial charge on any atom is 0.119 e. The van der Waals surface area contributed by atoms with E-state index in [1.807, 2.05) is 18.2 Å². The maximum absolute atomic E-state index is 9.80. The molecule has 0 bridgehead atoms. The van der Waals surface area contributed by atoms with Gasteiger partial charge < -0.3 is 9.84 Å². The van der Waals surface area contributed by atoms with Gasteiger partial charge in [-0.2, -0.15) is 0 Å². The Hall–Kier alpha value is -1.46. The molecule has 0 amide bonds. The van der Waals surface area contributed by atoms with E-state index in [1.54, 1.807) is 0 Å². The number of benzene rings is 1. The minimum Gasteiger partial charge on any atom is -0.493 e. The molecule has 1 aromatic rings. The normalized spacial score (nSPS) is 18.6. The van der Waals surface area contributed by atoms with Crippen molar-refractivity contribution in [3.8, 4) is 18.1 Å². The van der Waals surface area contributed by atoms with E-state index in [9.17, 15) is 5.11 Å². The van der Waals surface area contributed by atoms with Crippen molar-refractivity contribution in [2.45, 2.75) is 31.8 Å². The van der Waals surface area contributed by atoms with Crippen molar-refractivity contribution in [1.82, 2.24) is 0 Å². The summed E-state index contributed by atoms with van der Waals surface area (Å²) in [6.07, 6.45) is 8.42. The standard InChI is InChI=1S/C14H16O2/c1-2-3-9-16-12-7-8-13-11(10-12)5-4-6-14(13)15/h1,7-8,10,14-15H,3-6,9H2. The molecule has 0 radical (unpaired) electrons. The molecule has 1 unspecified atom stereocenters. The van der Waals surface area contributed by atoms with Gasteiger partial charge in [-0.15, -0.1) is 12.3 Å². The Morgan fingerprint density at radius 3 is 3.19 bits per heavy atom. The summed E-state index contributed by atoms with van der Waals surface area (Å²) in [6.45, 7) is 0.553. The van der Waals surface area contributed by atoms with Crippen LogP contribution in [-0.4, -0.2) is 11.7 Å². The van der Waals surface area contributed by atoms with Crippen LogP contribution in [0, 0.1) is 12.3 Å². The van der Waals surface area contributed by atoms with Gasteiger partial charge in [-0.1, -0.05) is 6.07 Å². The molecule has 0 aliphatic heterocycles. The van der Waals surface area contributed by atoms with Crippen molar-refractivity contribution in [1.29, 1.82) is 0 Å². The summed E-state index contributed by atoms with van der Waals surface area (Å²) in [6, 6.07) is 5.89. The number of hydrogen-bond acceptors (Lipinski definition) is 2. The van der Waals surface area contributed by atoms with Gasteiger partial charge in [0.25, 0.3) is 0 Å². The zero-order chi connectivity index (χ0) is 11.4. The summed E-state index contributed by atoms with van der Waals surface area (Å²) in [4.78, 5) is 0. The summed E-state index contributed by atoms with van der Waals surface area (Å²) >= 11 is 0. The lowest BCUT2D eigenvalue weighted by atomic mass is 9.89. The van der Waals surface area contributed by atoms with Crippen molar-refractivity contribution in [3.05, 3.63) is 29.3 Å². The van der Waals surface area contributed by atoms with E-state index in [4.69, 9.17) is 11.2 Å². The van der Waals surface area contributed by atoms with Gasteiger partial charge in [0.05, 0.1) is 12.7 Å². The summed E-state index contributed by atoms with van der Waals surface area (Å²) in [7, 11) is 0. The number of fused-ring (bicyclic) bond motifs is 1. The van der Waals surface area contributed by atoms with Crippen LogP contribution in [-0.2, 0) is 6.42 Å². The van der Waals surface area contributed by atoms with Crippen molar-refractivity contribution < 1.29 is 9.84 Å². The third kappa shape index (κ3) is 2.37. The van der Waals surface area contributed by atoms with Crippen molar-refractivity contribution >= 4 is 0 Å². The lowest BCUT2D eigenvalue weighted by molar-refractivity contribution is 0.156. The molecular formula is C14H16O2. The highest BCUT2D eigenvalue weighted by molar-refractivity contribution is 5.38. The molecule has 1 aliphatic rings. The Kier molecular flexibility index (Phi) is 3.48. The molecule has 0 heterocycles. The van der Waals surface area contributed by atoms with Crippen LogP contribution in [0.25, 0.3) is 0 Å². The highest BCUT2D eigenvalue weighted by atomic mass is 16.5. The van der Waals surface area contributed by atoms with E-state index >= 15 is 0 Å². The van der Waals surface area contributed by atoms with Crippen LogP contribution in [0.5, 0.6) is 5.75 Å². The fourth-order valence-corrected chi connectivity index (χ4v) is 2.08. The van der Waals surface area contributed by atoms with Crippen LogP contribution in [0.4, 0.5) is 0 Å². The monoisotopic (exact) mass is 216 g/mol. The molecule has 84 valence electrons. The Bertz CT molecular complexity index is 404. The molecule has 2 heteroatoms. The van der Waals surface area contributed by atoms with Crippen LogP contribution in [0.2, 0.25) is 0 Å². The molecule has 0 saturated carbocycles. The van der Waals surface area contributed by atoms with Crippen LogP contribution in [0.15, 0.2) is 18.2 Å². The smallest absolute Gasteiger partial charge is 0.119 e. The Labute approximate surface area is 96.3 Å². The predicted octanol–water partition coefficient (Wildman–Crippen LogP) is 2.46. The molecule has 1 N–H and O–H groups in total. The van der Waals surface area contributed by atoms with Crippen molar-refractivity contribution in [2.75, 3.05) is 6.61 Å². The summed E-state index contributed by atoms with van der Waals surface area (Å²) in [5.41, 5.74) is 2.26. The fourth-order valence-electron chi connectivity index (χ4n) is 2.08. The van der Waals surface area contributed by atoms with Crippen LogP contribution < -0.4 is 4.74 Å². The SMILES string of the molecule is C#CCCOc1ccc2c(c1)CCCC2O. The van der Waals surface area contributed by atoms with Gasteiger partial charge in [0.15, 0.2) is 0 Å². The second-order valence-corrected chi connectivity index (χ2v) is 4.07. The number of hydrogen-bond donors (Lipinski definition) is 1. The molecule has 0 aromatic heterocycles. The average Bonchev–Trinajstić information content (AvgIpc) is 2.30. The largest absolute Gasteiger partial charge is 0.493 e. The summed E-state index contributed by atoms with van der Waals surface area (Å²) in [5.74, 6) is 3.39. The molecule has 0 spiro atoms. The average molecular weight is 216 g/mol. The summed E-state index contributed by atoms with van der Waals surface area (Å²) < 4.78 is 5.52. The third-order valence-electron chi connectivity index (χ3n) is 2.91. The molecule has 0 fully saturated rings. The molecule has 2 nitrogen and oxygen atoms in total. The zero-order valence-electron chi connectivity index (χ0n) is 9.28. The number of aliphatic hydroxyl groups is 1. The van der Waals surface area contributed by atoms with Crippen LogP contribution >= 0.6 is 0 Å². The van der Waals surface area contributed by atoms with Gasteiger partial charge in [0.2, 0.25) is 0 Å². The molecule has 0 saturated heterocycles. The first-order valence-corrected chi connectivity index (χ1v) is 5.68. The highest BCUT2D eigenvalue weighted by Gasteiger charge is 2.17. The van der Waals surface area contributed by atoms with E-state index in [1.165, 1.54) is 5.56 Å². The van der Waals surface area contributed by atoms with E-state index in [-0.39, 0.29) is 6.10 Å². The van der Waals surface area contributed by atoms with Crippen molar-refractivity contribution in [3.63, 3.8) is 0 Å². The second kappa shape index (κ2) is 5.05. The number of aliphatic hydroxyl groups excluding tert-OH is 1. The maximum atomic E-state index is 9.80. The number of aryl methyl sites for hydroxylation is 1. The van der Waals surface area contributed by atoms with Gasteiger partial charge in [-0.05, 0) is 42.5 Å². The topological polar surface area (TPSA) is 29.5 Å². The van der Waals surface area contributed by atoms with Gasteiger partial charge in [-0.3, -0.25) is 0 Å². The lowest BCUT2D eigenvalue weighted by Crippen LogP contribution is -2.09. The number of terminal acetylenes is 1. The fraction of sp³-hybridized carbons (Fsp3) is 0.429. The molecule has 1 atom stereocenters. The minimum absolute atomic E-state index is 0.302. The molecule has 2 rings (SSSR count). The summed E-state index contributed by atoms with van der Waals surface area (Å²) in [5, 5.41) is 9.80. The van der Waals surface area contributed by atoms with Crippen LogP contribution in [0.3, 0.4) is 0 Å². The van der Waals surface area contributed by atoms with Gasteiger partial charge >= 0.3 is 0 Å². The number of ether oxygens (including phenoxy) is 1. The second-order valence-electron chi connectivity index (χ2n) is 4.07. The van der Waals surface area contributed by atoms with Gasteiger partial charge in [0.1, 0.15) is 5.75 Å². The lowest BCUT2D eigenvalue weighted by Gasteiger charge is -2.21. The molecule has 1 aliphatic carbocycles. The predicted molar refractivity (Wildman–Crippen MR) is 63.3 cm³/mol. The molecule has 1 aromatic carbocycles. The van der Waals surface area contributed by atoms with Gasteiger partial charge in [0, 0.05) is 6.42 Å². The zero-order valence-corrected chi connectivity index (χ0v) is 9.28. The van der Waals surface area contributed by atoms with E-state index in [0.717, 1.165) is 30.6 Å². The first-order valence-electron chi connectivity index (χ1n) is 5.68. The first-order chi connectivity index (χ1) is 7.81. The first kappa shape index (κ1) is 11.0.